The molecule has 208 valence electrons. The molecule has 1 aliphatic carbocycles. The van der Waals surface area contributed by atoms with Gasteiger partial charge in [0, 0.05) is 31.8 Å². The molecule has 1 aliphatic heterocycles. The Labute approximate surface area is 220 Å². The summed E-state index contributed by atoms with van der Waals surface area (Å²) in [5.74, 6) is -2.72. The standard InChI is InChI=1S/C25H32F2N4O6S/c1-25(2,3)36-24(33)28-19(13-31-10-9-15(26)12-31)20(21(32)14-5-6-14)23-29-22(30-37-23)17-8-7-16(11-18(17)27)38(4,34)35/h7-8,11,14-15,19-20H,5-6,9-10,12-13H2,1-4H3,(H,28,33)/t15-,19+,20+/m0/s1. The van der Waals surface area contributed by atoms with Crippen molar-refractivity contribution in [3.63, 3.8) is 0 Å². The van der Waals surface area contributed by atoms with E-state index in [-0.39, 0.29) is 47.0 Å². The maximum absolute atomic E-state index is 14.8. The largest absolute Gasteiger partial charge is 0.444 e. The number of carbonyl (C=O) groups excluding carboxylic acids is 2. The molecule has 1 saturated heterocycles. The van der Waals surface area contributed by atoms with E-state index < -0.39 is 45.5 Å². The van der Waals surface area contributed by atoms with E-state index in [4.69, 9.17) is 9.26 Å². The van der Waals surface area contributed by atoms with E-state index in [1.54, 1.807) is 25.7 Å². The summed E-state index contributed by atoms with van der Waals surface area (Å²) in [6, 6.07) is 2.43. The van der Waals surface area contributed by atoms with Crippen molar-refractivity contribution in [3.8, 4) is 11.4 Å². The van der Waals surface area contributed by atoms with Gasteiger partial charge in [-0.25, -0.2) is 22.0 Å². The number of Topliss-reactive ketones (excluding diaryl/α,β-unsaturated/α-hetero) is 1. The zero-order valence-electron chi connectivity index (χ0n) is 21.7. The number of ether oxygens (including phenoxy) is 1. The van der Waals surface area contributed by atoms with E-state index in [1.165, 1.54) is 12.1 Å². The third-order valence-electron chi connectivity index (χ3n) is 6.38. The molecule has 2 heterocycles. The summed E-state index contributed by atoms with van der Waals surface area (Å²) in [4.78, 5) is 32.1. The quantitative estimate of drug-likeness (QED) is 0.496. The number of likely N-dealkylation sites (tertiary alicyclic amines) is 1. The van der Waals surface area contributed by atoms with Crippen LogP contribution >= 0.6 is 0 Å². The lowest BCUT2D eigenvalue weighted by atomic mass is 9.91. The second-order valence-electron chi connectivity index (χ2n) is 10.9. The lowest BCUT2D eigenvalue weighted by molar-refractivity contribution is -0.123. The molecule has 2 aromatic rings. The first-order valence-corrected chi connectivity index (χ1v) is 14.3. The van der Waals surface area contributed by atoms with Gasteiger partial charge in [0.15, 0.2) is 15.6 Å². The molecule has 0 bridgehead atoms. The van der Waals surface area contributed by atoms with E-state index in [0.29, 0.717) is 25.8 Å². The molecule has 0 spiro atoms. The molecular formula is C25H32F2N4O6S. The molecule has 1 N–H and O–H groups in total. The van der Waals surface area contributed by atoms with Crippen LogP contribution in [0.15, 0.2) is 27.6 Å². The average molecular weight is 555 g/mol. The molecule has 0 radical (unpaired) electrons. The maximum Gasteiger partial charge on any atom is 0.407 e. The fraction of sp³-hybridized carbons (Fsp3) is 0.600. The van der Waals surface area contributed by atoms with Gasteiger partial charge in [-0.15, -0.1) is 0 Å². The summed E-state index contributed by atoms with van der Waals surface area (Å²) in [6.45, 7) is 5.86. The van der Waals surface area contributed by atoms with Crippen LogP contribution in [0.4, 0.5) is 13.6 Å². The minimum absolute atomic E-state index is 0.110. The number of benzene rings is 1. The van der Waals surface area contributed by atoms with E-state index >= 15 is 0 Å². The van der Waals surface area contributed by atoms with Gasteiger partial charge in [-0.05, 0) is 58.2 Å². The Morgan fingerprint density at radius 1 is 1.26 bits per heavy atom. The number of aromatic nitrogens is 2. The molecule has 0 unspecified atom stereocenters. The van der Waals surface area contributed by atoms with E-state index in [0.717, 1.165) is 12.3 Å². The van der Waals surface area contributed by atoms with Crippen LogP contribution in [-0.2, 0) is 19.4 Å². The zero-order chi connectivity index (χ0) is 27.8. The van der Waals surface area contributed by atoms with Crippen molar-refractivity contribution in [2.75, 3.05) is 25.9 Å². The maximum atomic E-state index is 14.8. The highest BCUT2D eigenvalue weighted by Crippen LogP contribution is 2.38. The smallest absolute Gasteiger partial charge is 0.407 e. The zero-order valence-corrected chi connectivity index (χ0v) is 22.6. The summed E-state index contributed by atoms with van der Waals surface area (Å²) in [6.07, 6.45) is 0.886. The lowest BCUT2D eigenvalue weighted by Crippen LogP contribution is -2.50. The minimum Gasteiger partial charge on any atom is -0.444 e. The van der Waals surface area contributed by atoms with Crippen LogP contribution in [0.3, 0.4) is 0 Å². The van der Waals surface area contributed by atoms with Gasteiger partial charge in [0.1, 0.15) is 23.5 Å². The molecule has 1 aromatic heterocycles. The minimum atomic E-state index is -3.63. The number of alkyl carbamates (subject to hydrolysis) is 1. The molecule has 2 aliphatic rings. The van der Waals surface area contributed by atoms with Crippen molar-refractivity contribution in [3.05, 3.63) is 29.9 Å². The Bertz CT molecular complexity index is 1310. The van der Waals surface area contributed by atoms with Crippen molar-refractivity contribution in [1.82, 2.24) is 20.4 Å². The topological polar surface area (TPSA) is 132 Å². The van der Waals surface area contributed by atoms with Crippen LogP contribution in [0.25, 0.3) is 11.4 Å². The molecule has 2 fully saturated rings. The third-order valence-corrected chi connectivity index (χ3v) is 7.49. The lowest BCUT2D eigenvalue weighted by Gasteiger charge is -2.30. The highest BCUT2D eigenvalue weighted by Gasteiger charge is 2.44. The van der Waals surface area contributed by atoms with Gasteiger partial charge in [0.2, 0.25) is 11.7 Å². The van der Waals surface area contributed by atoms with E-state index in [2.05, 4.69) is 15.5 Å². The summed E-state index contributed by atoms with van der Waals surface area (Å²) < 4.78 is 63.1. The second kappa shape index (κ2) is 10.7. The molecule has 4 rings (SSSR count). The predicted molar refractivity (Wildman–Crippen MR) is 132 cm³/mol. The van der Waals surface area contributed by atoms with Gasteiger partial charge >= 0.3 is 6.09 Å². The van der Waals surface area contributed by atoms with Crippen molar-refractivity contribution in [1.29, 1.82) is 0 Å². The van der Waals surface area contributed by atoms with Crippen molar-refractivity contribution < 1.29 is 36.0 Å². The molecule has 3 atom stereocenters. The highest BCUT2D eigenvalue weighted by molar-refractivity contribution is 7.90. The first-order chi connectivity index (χ1) is 17.7. The molecule has 1 aromatic carbocycles. The Balaban J connectivity index is 1.67. The second-order valence-corrected chi connectivity index (χ2v) is 12.9. The normalized spacial score (nSPS) is 20.2. The van der Waals surface area contributed by atoms with Gasteiger partial charge < -0.3 is 14.6 Å². The number of ketones is 1. The van der Waals surface area contributed by atoms with Crippen LogP contribution in [0, 0.1) is 11.7 Å². The number of alkyl halides is 1. The fourth-order valence-corrected chi connectivity index (χ4v) is 5.05. The monoisotopic (exact) mass is 554 g/mol. The average Bonchev–Trinajstić information content (AvgIpc) is 3.40. The Morgan fingerprint density at radius 2 is 1.97 bits per heavy atom. The predicted octanol–water partition coefficient (Wildman–Crippen LogP) is 3.28. The molecule has 38 heavy (non-hydrogen) atoms. The number of halogens is 2. The number of nitrogens with zero attached hydrogens (tertiary/aromatic N) is 3. The third kappa shape index (κ3) is 6.93. The number of nitrogens with one attached hydrogen (secondary N) is 1. The summed E-state index contributed by atoms with van der Waals surface area (Å²) >= 11 is 0. The van der Waals surface area contributed by atoms with Gasteiger partial charge in [0.05, 0.1) is 16.5 Å². The first-order valence-electron chi connectivity index (χ1n) is 12.4. The fourth-order valence-electron chi connectivity index (χ4n) is 4.42. The van der Waals surface area contributed by atoms with Crippen LogP contribution < -0.4 is 5.32 Å². The summed E-state index contributed by atoms with van der Waals surface area (Å²) in [7, 11) is -3.63. The van der Waals surface area contributed by atoms with Crippen LogP contribution in [0.5, 0.6) is 0 Å². The van der Waals surface area contributed by atoms with Crippen LogP contribution in [0.2, 0.25) is 0 Å². The van der Waals surface area contributed by atoms with Crippen molar-refractivity contribution in [2.45, 2.75) is 68.7 Å². The summed E-state index contributed by atoms with van der Waals surface area (Å²) in [5, 5.41) is 6.59. The number of rotatable bonds is 9. The highest BCUT2D eigenvalue weighted by atomic mass is 32.2. The van der Waals surface area contributed by atoms with Crippen molar-refractivity contribution >= 4 is 21.7 Å². The SMILES string of the molecule is CC(C)(C)OC(=O)N[C@H](CN1CC[C@H](F)C1)[C@H](C(=O)C1CC1)c1nc(-c2ccc(S(C)(=O)=O)cc2F)no1. The Morgan fingerprint density at radius 3 is 2.53 bits per heavy atom. The molecule has 1 saturated carbocycles. The molecule has 13 heteroatoms. The van der Waals surface area contributed by atoms with E-state index in [1.807, 2.05) is 0 Å². The molecule has 1 amide bonds. The van der Waals surface area contributed by atoms with Crippen LogP contribution in [0.1, 0.15) is 51.8 Å². The number of hydrogen-bond acceptors (Lipinski definition) is 9. The Hall–Kier alpha value is -2.93. The Kier molecular flexibility index (Phi) is 7.89. The number of sulfone groups is 1. The first kappa shape index (κ1) is 28.1. The van der Waals surface area contributed by atoms with Gasteiger partial charge in [0.25, 0.3) is 0 Å². The van der Waals surface area contributed by atoms with Crippen molar-refractivity contribution in [2.24, 2.45) is 5.92 Å². The van der Waals surface area contributed by atoms with Gasteiger partial charge in [-0.1, -0.05) is 5.16 Å². The number of hydrogen-bond donors (Lipinski definition) is 1. The van der Waals surface area contributed by atoms with E-state index in [9.17, 15) is 26.8 Å². The van der Waals surface area contributed by atoms with Crippen LogP contribution in [-0.4, -0.2) is 79.0 Å². The molecular weight excluding hydrogens is 522 g/mol. The number of amides is 1. The van der Waals surface area contributed by atoms with Gasteiger partial charge in [-0.2, -0.15) is 4.98 Å². The molecule has 10 nitrogen and oxygen atoms in total. The van der Waals surface area contributed by atoms with Gasteiger partial charge in [-0.3, -0.25) is 9.69 Å². The summed E-state index contributed by atoms with van der Waals surface area (Å²) in [5.41, 5.74) is -0.906. The number of carbonyl (C=O) groups is 2.